The average Bonchev–Trinajstić information content (AvgIpc) is 2.38. The van der Waals surface area contributed by atoms with Gasteiger partial charge < -0.3 is 11.1 Å². The third-order valence-electron chi connectivity index (χ3n) is 2.91. The maximum absolute atomic E-state index is 13.4. The number of hydrogen-bond donors (Lipinski definition) is 2. The summed E-state index contributed by atoms with van der Waals surface area (Å²) in [5.41, 5.74) is 7.00. The van der Waals surface area contributed by atoms with Crippen molar-refractivity contribution >= 4 is 27.5 Å². The molecule has 0 aromatic heterocycles. The Labute approximate surface area is 129 Å². The molecule has 1 amide bonds. The van der Waals surface area contributed by atoms with Crippen LogP contribution in [0.4, 0.5) is 14.5 Å². The van der Waals surface area contributed by atoms with E-state index >= 15 is 0 Å². The average molecular weight is 355 g/mol. The zero-order valence-corrected chi connectivity index (χ0v) is 12.7. The van der Waals surface area contributed by atoms with Crippen LogP contribution in [0.15, 0.2) is 40.9 Å². The molecule has 3 nitrogen and oxygen atoms in total. The molecule has 0 fully saturated rings. The molecule has 6 heteroatoms. The third kappa shape index (κ3) is 3.78. The minimum Gasteiger partial charge on any atom is -0.370 e. The Morgan fingerprint density at radius 3 is 2.52 bits per heavy atom. The fraction of sp³-hybridized carbons (Fsp3) is 0.133. The van der Waals surface area contributed by atoms with Gasteiger partial charge >= 0.3 is 0 Å². The van der Waals surface area contributed by atoms with Crippen LogP contribution in [0.3, 0.4) is 0 Å². The molecular formula is C15H13BrF2N2O. The van der Waals surface area contributed by atoms with Crippen molar-refractivity contribution in [2.45, 2.75) is 13.0 Å². The Bertz CT molecular complexity index is 671. The van der Waals surface area contributed by atoms with E-state index in [2.05, 4.69) is 21.2 Å². The van der Waals surface area contributed by atoms with Crippen LogP contribution in [0, 0.1) is 18.6 Å². The van der Waals surface area contributed by atoms with E-state index < -0.39 is 23.6 Å². The van der Waals surface area contributed by atoms with Gasteiger partial charge in [0.1, 0.15) is 17.7 Å². The van der Waals surface area contributed by atoms with Gasteiger partial charge in [0.15, 0.2) is 0 Å². The van der Waals surface area contributed by atoms with Crippen molar-refractivity contribution in [3.05, 3.63) is 63.6 Å². The Balaban J connectivity index is 2.35. The number of carbonyl (C=O) groups is 1. The van der Waals surface area contributed by atoms with E-state index in [1.54, 1.807) is 13.0 Å². The second-order valence-electron chi connectivity index (χ2n) is 4.67. The summed E-state index contributed by atoms with van der Waals surface area (Å²) in [6.07, 6.45) is 0. The molecule has 3 N–H and O–H groups in total. The normalized spacial score (nSPS) is 12.0. The van der Waals surface area contributed by atoms with E-state index in [1.807, 2.05) is 0 Å². The molecule has 2 aromatic carbocycles. The smallest absolute Gasteiger partial charge is 0.244 e. The van der Waals surface area contributed by atoms with Gasteiger partial charge in [-0.3, -0.25) is 4.79 Å². The van der Waals surface area contributed by atoms with Crippen molar-refractivity contribution in [2.24, 2.45) is 5.73 Å². The van der Waals surface area contributed by atoms with E-state index in [4.69, 9.17) is 5.73 Å². The van der Waals surface area contributed by atoms with Crippen LogP contribution in [-0.2, 0) is 4.79 Å². The van der Waals surface area contributed by atoms with Gasteiger partial charge in [0.05, 0.1) is 4.47 Å². The van der Waals surface area contributed by atoms with Gasteiger partial charge in [0, 0.05) is 5.69 Å². The predicted molar refractivity (Wildman–Crippen MR) is 80.8 cm³/mol. The molecule has 0 heterocycles. The number of halogens is 3. The molecule has 1 atom stereocenters. The summed E-state index contributed by atoms with van der Waals surface area (Å²) < 4.78 is 26.9. The van der Waals surface area contributed by atoms with Crippen molar-refractivity contribution in [3.63, 3.8) is 0 Å². The number of hydrogen-bond acceptors (Lipinski definition) is 2. The second-order valence-corrected chi connectivity index (χ2v) is 5.52. The van der Waals surface area contributed by atoms with Crippen molar-refractivity contribution in [1.82, 2.24) is 0 Å². The zero-order valence-electron chi connectivity index (χ0n) is 11.2. The Kier molecular flexibility index (Phi) is 4.57. The molecule has 21 heavy (non-hydrogen) atoms. The van der Waals surface area contributed by atoms with Crippen LogP contribution in [0.5, 0.6) is 0 Å². The fourth-order valence-corrected chi connectivity index (χ4v) is 2.39. The molecule has 0 aliphatic rings. The lowest BCUT2D eigenvalue weighted by molar-refractivity contribution is -0.118. The molecule has 0 saturated heterocycles. The third-order valence-corrected chi connectivity index (χ3v) is 3.52. The number of aryl methyl sites for hydroxylation is 1. The monoisotopic (exact) mass is 354 g/mol. The predicted octanol–water partition coefficient (Wildman–Crippen LogP) is 3.67. The number of primary amides is 1. The molecule has 2 rings (SSSR count). The summed E-state index contributed by atoms with van der Waals surface area (Å²) in [4.78, 5) is 11.6. The van der Waals surface area contributed by atoms with Crippen LogP contribution in [0.1, 0.15) is 17.2 Å². The van der Waals surface area contributed by atoms with Gasteiger partial charge in [-0.05, 0) is 64.3 Å². The zero-order chi connectivity index (χ0) is 15.6. The minimum atomic E-state index is -0.886. The summed E-state index contributed by atoms with van der Waals surface area (Å²) >= 11 is 3.06. The molecule has 0 aliphatic carbocycles. The Morgan fingerprint density at radius 1 is 1.24 bits per heavy atom. The van der Waals surface area contributed by atoms with Crippen molar-refractivity contribution in [1.29, 1.82) is 0 Å². The van der Waals surface area contributed by atoms with Crippen molar-refractivity contribution in [2.75, 3.05) is 5.32 Å². The van der Waals surface area contributed by atoms with Crippen LogP contribution >= 0.6 is 15.9 Å². The highest BCUT2D eigenvalue weighted by Gasteiger charge is 2.19. The van der Waals surface area contributed by atoms with E-state index in [-0.39, 0.29) is 4.47 Å². The molecule has 0 saturated carbocycles. The van der Waals surface area contributed by atoms with E-state index in [9.17, 15) is 13.6 Å². The molecule has 2 aromatic rings. The van der Waals surface area contributed by atoms with E-state index in [0.717, 1.165) is 0 Å². The highest BCUT2D eigenvalue weighted by Crippen LogP contribution is 2.25. The number of amides is 1. The number of benzene rings is 2. The van der Waals surface area contributed by atoms with Crippen LogP contribution in [0.25, 0.3) is 0 Å². The van der Waals surface area contributed by atoms with Gasteiger partial charge in [0.2, 0.25) is 5.91 Å². The number of carbonyl (C=O) groups excluding carboxylic acids is 1. The molecule has 0 radical (unpaired) electrons. The lowest BCUT2D eigenvalue weighted by atomic mass is 10.1. The summed E-state index contributed by atoms with van der Waals surface area (Å²) in [5, 5.41) is 2.87. The first-order chi connectivity index (χ1) is 9.86. The van der Waals surface area contributed by atoms with Crippen molar-refractivity contribution < 1.29 is 13.6 Å². The summed E-state index contributed by atoms with van der Waals surface area (Å²) in [7, 11) is 0. The Hall–Kier alpha value is -1.95. The maximum Gasteiger partial charge on any atom is 0.244 e. The van der Waals surface area contributed by atoms with Gasteiger partial charge in [-0.1, -0.05) is 6.07 Å². The van der Waals surface area contributed by atoms with Crippen LogP contribution in [0.2, 0.25) is 0 Å². The fourth-order valence-electron chi connectivity index (χ4n) is 2.00. The standard InChI is InChI=1S/C15H13BrF2N2O/c1-8-4-10(17)7-11(5-8)20-14(15(19)21)9-2-3-13(18)12(16)6-9/h2-7,14,20H,1H3,(H2,19,21). The molecule has 0 aliphatic heterocycles. The Morgan fingerprint density at radius 2 is 1.95 bits per heavy atom. The summed E-state index contributed by atoms with van der Waals surface area (Å²) in [6.45, 7) is 1.74. The number of nitrogens with one attached hydrogen (secondary N) is 1. The first-order valence-electron chi connectivity index (χ1n) is 6.15. The largest absolute Gasteiger partial charge is 0.370 e. The SMILES string of the molecule is Cc1cc(F)cc(NC(C(N)=O)c2ccc(F)c(Br)c2)c1. The summed E-state index contributed by atoms with van der Waals surface area (Å²) in [5.74, 6) is -1.50. The van der Waals surface area contributed by atoms with Crippen molar-refractivity contribution in [3.8, 4) is 0 Å². The molecular weight excluding hydrogens is 342 g/mol. The molecule has 110 valence electrons. The number of nitrogens with two attached hydrogens (primary N) is 1. The number of anilines is 1. The first-order valence-corrected chi connectivity index (χ1v) is 6.94. The summed E-state index contributed by atoms with van der Waals surface area (Å²) in [6, 6.07) is 7.59. The second kappa shape index (κ2) is 6.22. The molecule has 1 unspecified atom stereocenters. The van der Waals surface area contributed by atoms with Gasteiger partial charge in [-0.2, -0.15) is 0 Å². The molecule has 0 bridgehead atoms. The number of rotatable bonds is 4. The van der Waals surface area contributed by atoms with E-state index in [0.29, 0.717) is 16.8 Å². The quantitative estimate of drug-likeness (QED) is 0.879. The minimum absolute atomic E-state index is 0.225. The van der Waals surface area contributed by atoms with Gasteiger partial charge in [-0.15, -0.1) is 0 Å². The highest BCUT2D eigenvalue weighted by molar-refractivity contribution is 9.10. The first kappa shape index (κ1) is 15.4. The van der Waals surface area contributed by atoms with E-state index in [1.165, 1.54) is 30.3 Å². The lowest BCUT2D eigenvalue weighted by Crippen LogP contribution is -2.27. The van der Waals surface area contributed by atoms with Crippen LogP contribution in [-0.4, -0.2) is 5.91 Å². The highest BCUT2D eigenvalue weighted by atomic mass is 79.9. The van der Waals surface area contributed by atoms with Gasteiger partial charge in [-0.25, -0.2) is 8.78 Å². The van der Waals surface area contributed by atoms with Crippen LogP contribution < -0.4 is 11.1 Å². The maximum atomic E-state index is 13.4. The molecule has 0 spiro atoms. The topological polar surface area (TPSA) is 55.1 Å². The van der Waals surface area contributed by atoms with Gasteiger partial charge in [0.25, 0.3) is 0 Å². The lowest BCUT2D eigenvalue weighted by Gasteiger charge is -2.18.